The highest BCUT2D eigenvalue weighted by atomic mass is 16.3. The van der Waals surface area contributed by atoms with Gasteiger partial charge >= 0.3 is 0 Å². The number of aromatic hydroxyl groups is 1. The standard InChI is InChI=1S/C17H17N3O2/c18-9-14-8-16(19-10-14)17(22)20-6-5-13(11-20)7-12-1-3-15(21)4-2-12/h1-4,8,10,13,19,21H,5-7,11H2. The number of amides is 1. The number of phenolic OH excluding ortho intramolecular Hbond substituents is 1. The molecule has 1 unspecified atom stereocenters. The molecule has 2 heterocycles. The minimum atomic E-state index is -0.0466. The van der Waals surface area contributed by atoms with E-state index in [1.807, 2.05) is 23.1 Å². The predicted octanol–water partition coefficient (Wildman–Crippen LogP) is 2.30. The zero-order chi connectivity index (χ0) is 15.5. The van der Waals surface area contributed by atoms with Crippen molar-refractivity contribution in [3.63, 3.8) is 0 Å². The molecule has 0 aliphatic carbocycles. The molecule has 2 N–H and O–H groups in total. The van der Waals surface area contributed by atoms with E-state index in [1.165, 1.54) is 5.56 Å². The molecule has 1 atom stereocenters. The molecule has 5 nitrogen and oxygen atoms in total. The SMILES string of the molecule is N#Cc1c[nH]c(C(=O)N2CCC(Cc3ccc(O)cc3)C2)c1. The minimum absolute atomic E-state index is 0.0466. The summed E-state index contributed by atoms with van der Waals surface area (Å²) in [7, 11) is 0. The maximum atomic E-state index is 12.4. The molecule has 1 aromatic carbocycles. The van der Waals surface area contributed by atoms with Crippen molar-refractivity contribution >= 4 is 5.91 Å². The molecule has 1 amide bonds. The average molecular weight is 295 g/mol. The Kier molecular flexibility index (Phi) is 3.84. The van der Waals surface area contributed by atoms with Crippen LogP contribution in [0.25, 0.3) is 0 Å². The van der Waals surface area contributed by atoms with Crippen molar-refractivity contribution in [2.75, 3.05) is 13.1 Å². The number of phenols is 1. The number of hydrogen-bond acceptors (Lipinski definition) is 3. The summed E-state index contributed by atoms with van der Waals surface area (Å²) in [5.74, 6) is 0.653. The van der Waals surface area contributed by atoms with E-state index in [1.54, 1.807) is 24.4 Å². The molecule has 1 fully saturated rings. The number of nitrogens with zero attached hydrogens (tertiary/aromatic N) is 2. The topological polar surface area (TPSA) is 80.1 Å². The highest BCUT2D eigenvalue weighted by Crippen LogP contribution is 2.23. The van der Waals surface area contributed by atoms with Gasteiger partial charge in [-0.1, -0.05) is 12.1 Å². The molecule has 1 aliphatic rings. The lowest BCUT2D eigenvalue weighted by Crippen LogP contribution is -2.29. The normalized spacial score (nSPS) is 17.4. The molecule has 0 spiro atoms. The van der Waals surface area contributed by atoms with Crippen LogP contribution in [-0.2, 0) is 6.42 Å². The van der Waals surface area contributed by atoms with Crippen LogP contribution in [0.5, 0.6) is 5.75 Å². The summed E-state index contributed by atoms with van der Waals surface area (Å²) < 4.78 is 0. The highest BCUT2D eigenvalue weighted by Gasteiger charge is 2.27. The minimum Gasteiger partial charge on any atom is -0.508 e. The third kappa shape index (κ3) is 2.96. The number of nitriles is 1. The first-order chi connectivity index (χ1) is 10.7. The van der Waals surface area contributed by atoms with Gasteiger partial charge in [0.1, 0.15) is 17.5 Å². The largest absolute Gasteiger partial charge is 0.508 e. The lowest BCUT2D eigenvalue weighted by Gasteiger charge is -2.15. The molecule has 1 saturated heterocycles. The van der Waals surface area contributed by atoms with Crippen LogP contribution in [0.15, 0.2) is 36.5 Å². The van der Waals surface area contributed by atoms with E-state index in [0.29, 0.717) is 17.2 Å². The Morgan fingerprint density at radius 2 is 2.18 bits per heavy atom. The number of carbonyl (C=O) groups is 1. The fourth-order valence-corrected chi connectivity index (χ4v) is 2.90. The Balaban J connectivity index is 1.61. The molecule has 3 rings (SSSR count). The summed E-state index contributed by atoms with van der Waals surface area (Å²) in [5, 5.41) is 18.1. The number of hydrogen-bond donors (Lipinski definition) is 2. The molecule has 0 radical (unpaired) electrons. The Morgan fingerprint density at radius 1 is 1.41 bits per heavy atom. The van der Waals surface area contributed by atoms with Gasteiger partial charge in [-0.3, -0.25) is 4.79 Å². The summed E-state index contributed by atoms with van der Waals surface area (Å²) in [6.07, 6.45) is 3.42. The van der Waals surface area contributed by atoms with Crippen molar-refractivity contribution in [1.82, 2.24) is 9.88 Å². The first-order valence-electron chi connectivity index (χ1n) is 7.31. The van der Waals surface area contributed by atoms with Gasteiger partial charge in [0.25, 0.3) is 5.91 Å². The molecular weight excluding hydrogens is 278 g/mol. The van der Waals surface area contributed by atoms with Crippen LogP contribution in [0, 0.1) is 17.2 Å². The molecule has 1 aliphatic heterocycles. The third-order valence-electron chi connectivity index (χ3n) is 4.08. The van der Waals surface area contributed by atoms with Gasteiger partial charge in [0.15, 0.2) is 0 Å². The van der Waals surface area contributed by atoms with E-state index in [-0.39, 0.29) is 11.7 Å². The number of H-pyrrole nitrogens is 1. The second-order valence-corrected chi connectivity index (χ2v) is 5.69. The van der Waals surface area contributed by atoms with E-state index in [9.17, 15) is 9.90 Å². The number of aromatic amines is 1. The predicted molar refractivity (Wildman–Crippen MR) is 81.3 cm³/mol. The zero-order valence-corrected chi connectivity index (χ0v) is 12.1. The Labute approximate surface area is 128 Å². The van der Waals surface area contributed by atoms with Crippen LogP contribution >= 0.6 is 0 Å². The first kappa shape index (κ1) is 14.2. The lowest BCUT2D eigenvalue weighted by atomic mass is 9.99. The van der Waals surface area contributed by atoms with Gasteiger partial charge in [0.05, 0.1) is 5.56 Å². The van der Waals surface area contributed by atoms with Gasteiger partial charge in [-0.15, -0.1) is 0 Å². The third-order valence-corrected chi connectivity index (χ3v) is 4.08. The number of benzene rings is 1. The van der Waals surface area contributed by atoms with E-state index < -0.39 is 0 Å². The van der Waals surface area contributed by atoms with E-state index >= 15 is 0 Å². The van der Waals surface area contributed by atoms with Crippen LogP contribution in [0.1, 0.15) is 28.0 Å². The Bertz CT molecular complexity index is 712. The molecule has 5 heteroatoms. The fraction of sp³-hybridized carbons (Fsp3) is 0.294. The summed E-state index contributed by atoms with van der Waals surface area (Å²) in [4.78, 5) is 17.1. The van der Waals surface area contributed by atoms with E-state index in [2.05, 4.69) is 4.98 Å². The lowest BCUT2D eigenvalue weighted by molar-refractivity contribution is 0.0782. The smallest absolute Gasteiger partial charge is 0.270 e. The number of likely N-dealkylation sites (tertiary alicyclic amines) is 1. The van der Waals surface area contributed by atoms with Crippen molar-refractivity contribution < 1.29 is 9.90 Å². The Hall–Kier alpha value is -2.74. The fourth-order valence-electron chi connectivity index (χ4n) is 2.90. The van der Waals surface area contributed by atoms with Gasteiger partial charge in [-0.25, -0.2) is 0 Å². The summed E-state index contributed by atoms with van der Waals surface area (Å²) in [6.45, 7) is 1.46. The maximum absolute atomic E-state index is 12.4. The summed E-state index contributed by atoms with van der Waals surface area (Å²) >= 11 is 0. The van der Waals surface area contributed by atoms with Crippen molar-refractivity contribution in [3.05, 3.63) is 53.3 Å². The van der Waals surface area contributed by atoms with Crippen molar-refractivity contribution in [3.8, 4) is 11.8 Å². The van der Waals surface area contributed by atoms with Crippen molar-refractivity contribution in [2.24, 2.45) is 5.92 Å². The van der Waals surface area contributed by atoms with Gasteiger partial charge in [-0.2, -0.15) is 5.26 Å². The van der Waals surface area contributed by atoms with E-state index in [0.717, 1.165) is 25.9 Å². The zero-order valence-electron chi connectivity index (χ0n) is 12.1. The number of carbonyl (C=O) groups excluding carboxylic acids is 1. The van der Waals surface area contributed by atoms with Gasteiger partial charge in [-0.05, 0) is 42.5 Å². The highest BCUT2D eigenvalue weighted by molar-refractivity contribution is 5.93. The van der Waals surface area contributed by atoms with Crippen LogP contribution in [-0.4, -0.2) is 34.0 Å². The van der Waals surface area contributed by atoms with Crippen molar-refractivity contribution in [1.29, 1.82) is 5.26 Å². The maximum Gasteiger partial charge on any atom is 0.270 e. The van der Waals surface area contributed by atoms with Crippen LogP contribution in [0.3, 0.4) is 0 Å². The monoisotopic (exact) mass is 295 g/mol. The van der Waals surface area contributed by atoms with Gasteiger partial charge in [0, 0.05) is 19.3 Å². The molecule has 112 valence electrons. The quantitative estimate of drug-likeness (QED) is 0.911. The van der Waals surface area contributed by atoms with Crippen molar-refractivity contribution in [2.45, 2.75) is 12.8 Å². The molecule has 2 aromatic rings. The molecule has 0 bridgehead atoms. The number of nitrogens with one attached hydrogen (secondary N) is 1. The molecule has 0 saturated carbocycles. The van der Waals surface area contributed by atoms with Crippen LogP contribution in [0.2, 0.25) is 0 Å². The van der Waals surface area contributed by atoms with Gasteiger partial charge < -0.3 is 15.0 Å². The average Bonchev–Trinajstić information content (AvgIpc) is 3.18. The number of aromatic nitrogens is 1. The van der Waals surface area contributed by atoms with Crippen LogP contribution in [0.4, 0.5) is 0 Å². The molecule has 22 heavy (non-hydrogen) atoms. The summed E-state index contributed by atoms with van der Waals surface area (Å²) in [5.41, 5.74) is 2.12. The summed E-state index contributed by atoms with van der Waals surface area (Å²) in [6, 6.07) is 10.8. The first-order valence-corrected chi connectivity index (χ1v) is 7.31. The van der Waals surface area contributed by atoms with Crippen LogP contribution < -0.4 is 0 Å². The Morgan fingerprint density at radius 3 is 2.86 bits per heavy atom. The molecule has 1 aromatic heterocycles. The molecular formula is C17H17N3O2. The van der Waals surface area contributed by atoms with E-state index in [4.69, 9.17) is 5.26 Å². The second kappa shape index (κ2) is 5.94. The van der Waals surface area contributed by atoms with Gasteiger partial charge in [0.2, 0.25) is 0 Å². The number of rotatable bonds is 3. The second-order valence-electron chi connectivity index (χ2n) is 5.69.